The first-order valence-corrected chi connectivity index (χ1v) is 4.61. The van der Waals surface area contributed by atoms with E-state index >= 15 is 0 Å². The van der Waals surface area contributed by atoms with Gasteiger partial charge in [0.15, 0.2) is 0 Å². The van der Waals surface area contributed by atoms with Gasteiger partial charge in [0.2, 0.25) is 11.8 Å². The van der Waals surface area contributed by atoms with Crippen molar-refractivity contribution in [1.29, 1.82) is 0 Å². The van der Waals surface area contributed by atoms with Crippen LogP contribution in [0.4, 0.5) is 5.88 Å². The van der Waals surface area contributed by atoms with E-state index in [-0.39, 0.29) is 12.0 Å². The second-order valence-corrected chi connectivity index (χ2v) is 3.30. The van der Waals surface area contributed by atoms with E-state index in [0.717, 1.165) is 25.1 Å². The van der Waals surface area contributed by atoms with Crippen LogP contribution < -0.4 is 5.32 Å². The molecule has 1 N–H and O–H groups in total. The minimum Gasteiger partial charge on any atom is -0.372 e. The van der Waals surface area contributed by atoms with E-state index in [2.05, 4.69) is 10.5 Å². The predicted octanol–water partition coefficient (Wildman–Crippen LogP) is 1.48. The normalized spacial score (nSPS) is 21.1. The number of nitrogens with zero attached hydrogens (tertiary/aromatic N) is 1. The van der Waals surface area contributed by atoms with Crippen molar-refractivity contribution in [3.05, 3.63) is 11.8 Å². The Kier molecular flexibility index (Phi) is 2.49. The second kappa shape index (κ2) is 3.79. The Labute approximate surface area is 81.4 Å². The van der Waals surface area contributed by atoms with E-state index < -0.39 is 0 Å². The van der Waals surface area contributed by atoms with Crippen LogP contribution in [0.2, 0.25) is 0 Å². The molecule has 2 rings (SSSR count). The largest absolute Gasteiger partial charge is 0.372 e. The fraction of sp³-hybridized carbons (Fsp3) is 0.556. The SMILES string of the molecule is CC(=O)Nc1cc(C2CCCO2)no1. The standard InChI is InChI=1S/C9H12N2O3/c1-6(12)10-9-5-7(11-14-9)8-3-2-4-13-8/h5,8H,2-4H2,1H3,(H,10,12). The molecular formula is C9H12N2O3. The van der Waals surface area contributed by atoms with E-state index in [1.807, 2.05) is 0 Å². The molecule has 1 aliphatic rings. The Morgan fingerprint density at radius 2 is 2.57 bits per heavy atom. The zero-order valence-corrected chi connectivity index (χ0v) is 7.95. The van der Waals surface area contributed by atoms with E-state index in [1.165, 1.54) is 6.92 Å². The van der Waals surface area contributed by atoms with Gasteiger partial charge in [0.25, 0.3) is 0 Å². The Balaban J connectivity index is 2.05. The van der Waals surface area contributed by atoms with Crippen LogP contribution in [0.3, 0.4) is 0 Å². The first-order valence-electron chi connectivity index (χ1n) is 4.61. The van der Waals surface area contributed by atoms with Gasteiger partial charge < -0.3 is 9.26 Å². The molecule has 1 amide bonds. The summed E-state index contributed by atoms with van der Waals surface area (Å²) in [5, 5.41) is 6.36. The molecule has 1 saturated heterocycles. The summed E-state index contributed by atoms with van der Waals surface area (Å²) in [4.78, 5) is 10.7. The Morgan fingerprint density at radius 1 is 1.71 bits per heavy atom. The Morgan fingerprint density at radius 3 is 3.21 bits per heavy atom. The lowest BCUT2D eigenvalue weighted by molar-refractivity contribution is -0.114. The number of carbonyl (C=O) groups excluding carboxylic acids is 1. The average Bonchev–Trinajstić information content (AvgIpc) is 2.69. The molecule has 1 fully saturated rings. The van der Waals surface area contributed by atoms with Gasteiger partial charge in [-0.25, -0.2) is 0 Å². The highest BCUT2D eigenvalue weighted by Crippen LogP contribution is 2.28. The maximum atomic E-state index is 10.7. The highest BCUT2D eigenvalue weighted by molar-refractivity contribution is 5.87. The summed E-state index contributed by atoms with van der Waals surface area (Å²) in [6.45, 7) is 2.20. The number of hydrogen-bond acceptors (Lipinski definition) is 4. The number of aromatic nitrogens is 1. The number of nitrogens with one attached hydrogen (secondary N) is 1. The molecule has 0 saturated carbocycles. The molecule has 0 radical (unpaired) electrons. The molecule has 76 valence electrons. The number of rotatable bonds is 2. The summed E-state index contributed by atoms with van der Waals surface area (Å²) in [6.07, 6.45) is 2.04. The summed E-state index contributed by atoms with van der Waals surface area (Å²) in [7, 11) is 0. The lowest BCUT2D eigenvalue weighted by atomic mass is 10.2. The molecule has 0 aliphatic carbocycles. The van der Waals surface area contributed by atoms with Crippen LogP contribution in [0.25, 0.3) is 0 Å². The van der Waals surface area contributed by atoms with Crippen LogP contribution in [0, 0.1) is 0 Å². The summed E-state index contributed by atoms with van der Waals surface area (Å²) >= 11 is 0. The quantitative estimate of drug-likeness (QED) is 0.778. The molecule has 2 heterocycles. The number of hydrogen-bond donors (Lipinski definition) is 1. The molecule has 0 bridgehead atoms. The Bertz CT molecular complexity index is 329. The average molecular weight is 196 g/mol. The minimum absolute atomic E-state index is 0.0289. The third kappa shape index (κ3) is 1.93. The number of amides is 1. The summed E-state index contributed by atoms with van der Waals surface area (Å²) in [6, 6.07) is 1.71. The van der Waals surface area contributed by atoms with E-state index in [0.29, 0.717) is 5.88 Å². The van der Waals surface area contributed by atoms with Crippen LogP contribution >= 0.6 is 0 Å². The smallest absolute Gasteiger partial charge is 0.231 e. The van der Waals surface area contributed by atoms with Gasteiger partial charge in [-0.05, 0) is 12.8 Å². The first-order chi connectivity index (χ1) is 6.75. The van der Waals surface area contributed by atoms with Gasteiger partial charge in [-0.3, -0.25) is 10.1 Å². The van der Waals surface area contributed by atoms with Crippen LogP contribution in [0.1, 0.15) is 31.6 Å². The van der Waals surface area contributed by atoms with Crippen molar-refractivity contribution in [2.45, 2.75) is 25.9 Å². The minimum atomic E-state index is -0.167. The molecule has 1 aliphatic heterocycles. The maximum Gasteiger partial charge on any atom is 0.231 e. The molecule has 1 atom stereocenters. The van der Waals surface area contributed by atoms with E-state index in [4.69, 9.17) is 9.26 Å². The highest BCUT2D eigenvalue weighted by atomic mass is 16.5. The maximum absolute atomic E-state index is 10.7. The zero-order chi connectivity index (χ0) is 9.97. The monoisotopic (exact) mass is 196 g/mol. The van der Waals surface area contributed by atoms with Crippen molar-refractivity contribution in [3.8, 4) is 0 Å². The van der Waals surface area contributed by atoms with Crippen molar-refractivity contribution < 1.29 is 14.1 Å². The summed E-state index contributed by atoms with van der Waals surface area (Å²) in [5.74, 6) is 0.211. The summed E-state index contributed by atoms with van der Waals surface area (Å²) in [5.41, 5.74) is 0.756. The van der Waals surface area contributed by atoms with Gasteiger partial charge >= 0.3 is 0 Å². The lowest BCUT2D eigenvalue weighted by Gasteiger charge is -2.01. The first kappa shape index (κ1) is 9.21. The van der Waals surface area contributed by atoms with Crippen LogP contribution in [0.15, 0.2) is 10.6 Å². The third-order valence-corrected chi connectivity index (χ3v) is 2.09. The Hall–Kier alpha value is -1.36. The molecule has 0 aromatic carbocycles. The van der Waals surface area contributed by atoms with Crippen molar-refractivity contribution in [1.82, 2.24) is 5.16 Å². The topological polar surface area (TPSA) is 64.4 Å². The lowest BCUT2D eigenvalue weighted by Crippen LogP contribution is -2.04. The molecule has 14 heavy (non-hydrogen) atoms. The van der Waals surface area contributed by atoms with Crippen LogP contribution in [-0.2, 0) is 9.53 Å². The molecule has 1 aromatic rings. The van der Waals surface area contributed by atoms with Gasteiger partial charge in [-0.2, -0.15) is 0 Å². The van der Waals surface area contributed by atoms with Gasteiger partial charge in [-0.1, -0.05) is 5.16 Å². The van der Waals surface area contributed by atoms with Crippen molar-refractivity contribution in [2.24, 2.45) is 0 Å². The highest BCUT2D eigenvalue weighted by Gasteiger charge is 2.21. The van der Waals surface area contributed by atoms with Crippen LogP contribution in [0.5, 0.6) is 0 Å². The van der Waals surface area contributed by atoms with Crippen molar-refractivity contribution >= 4 is 11.8 Å². The van der Waals surface area contributed by atoms with Crippen LogP contribution in [-0.4, -0.2) is 17.7 Å². The van der Waals surface area contributed by atoms with E-state index in [9.17, 15) is 4.79 Å². The number of anilines is 1. The van der Waals surface area contributed by atoms with E-state index in [1.54, 1.807) is 6.07 Å². The number of ether oxygens (including phenoxy) is 1. The fourth-order valence-corrected chi connectivity index (χ4v) is 1.48. The molecule has 1 unspecified atom stereocenters. The fourth-order valence-electron chi connectivity index (χ4n) is 1.48. The molecular weight excluding hydrogens is 184 g/mol. The van der Waals surface area contributed by atoms with Gasteiger partial charge in [0.1, 0.15) is 11.8 Å². The zero-order valence-electron chi connectivity index (χ0n) is 7.95. The molecule has 5 heteroatoms. The van der Waals surface area contributed by atoms with Gasteiger partial charge in [0.05, 0.1) is 0 Å². The van der Waals surface area contributed by atoms with Crippen molar-refractivity contribution in [3.63, 3.8) is 0 Å². The second-order valence-electron chi connectivity index (χ2n) is 3.30. The third-order valence-electron chi connectivity index (χ3n) is 2.09. The predicted molar refractivity (Wildman–Crippen MR) is 48.7 cm³/mol. The van der Waals surface area contributed by atoms with Gasteiger partial charge in [0, 0.05) is 19.6 Å². The summed E-state index contributed by atoms with van der Waals surface area (Å²) < 4.78 is 10.3. The van der Waals surface area contributed by atoms with Crippen molar-refractivity contribution in [2.75, 3.05) is 11.9 Å². The molecule has 1 aromatic heterocycles. The molecule has 0 spiro atoms. The number of carbonyl (C=O) groups is 1. The molecule has 5 nitrogen and oxygen atoms in total. The van der Waals surface area contributed by atoms with Gasteiger partial charge in [-0.15, -0.1) is 0 Å².